The Morgan fingerprint density at radius 3 is 1.22 bits per heavy atom. The van der Waals surface area contributed by atoms with Crippen molar-refractivity contribution in [2.75, 3.05) is 11.5 Å². The van der Waals surface area contributed by atoms with Crippen molar-refractivity contribution in [3.8, 4) is 83.9 Å². The van der Waals surface area contributed by atoms with Crippen molar-refractivity contribution in [3.63, 3.8) is 0 Å². The monoisotopic (exact) mass is 470 g/mol. The number of hydrogen-bond acceptors (Lipinski definition) is 6. The van der Waals surface area contributed by atoms with E-state index in [1.165, 1.54) is 24.3 Å². The van der Waals surface area contributed by atoms with E-state index in [0.29, 0.717) is 21.9 Å². The van der Waals surface area contributed by atoms with Gasteiger partial charge in [-0.15, -0.1) is 25.7 Å². The van der Waals surface area contributed by atoms with Gasteiger partial charge in [-0.25, -0.2) is 0 Å². The van der Waals surface area contributed by atoms with Crippen LogP contribution in [0.4, 0.5) is 11.4 Å². The zero-order valence-corrected chi connectivity index (χ0v) is 18.8. The molecule has 0 aromatic heterocycles. The van der Waals surface area contributed by atoms with Crippen LogP contribution in [0.25, 0.3) is 10.8 Å². The molecule has 4 rings (SSSR count). The van der Waals surface area contributed by atoms with Gasteiger partial charge in [-0.2, -0.15) is 0 Å². The van der Waals surface area contributed by atoms with Crippen molar-refractivity contribution < 1.29 is 19.7 Å². The zero-order valence-electron chi connectivity index (χ0n) is 18.8. The maximum atomic E-state index is 9.95. The highest BCUT2D eigenvalue weighted by atomic mass is 16.5. The standard InChI is InChI=1S/C30H18N2O4/c1-5-19-21(7-3)29(35-17-9-11-25(31)27(33)13-17)16-24-20(6-2)22(8-4)30(15-23(19)24)36-18-10-12-26(32)28(34)14-18/h1-4,9-16,33-34H,31-32H2. The van der Waals surface area contributed by atoms with Gasteiger partial charge >= 0.3 is 0 Å². The molecular weight excluding hydrogens is 452 g/mol. The molecule has 0 fully saturated rings. The molecule has 6 N–H and O–H groups in total. The number of fused-ring (bicyclic) bond motifs is 1. The molecular formula is C30H18N2O4. The van der Waals surface area contributed by atoms with Crippen molar-refractivity contribution in [2.24, 2.45) is 0 Å². The summed E-state index contributed by atoms with van der Waals surface area (Å²) in [5, 5.41) is 20.9. The fourth-order valence-electron chi connectivity index (χ4n) is 3.67. The Hall–Kier alpha value is -5.82. The average molecular weight is 470 g/mol. The lowest BCUT2D eigenvalue weighted by Crippen LogP contribution is -1.99. The van der Waals surface area contributed by atoms with Gasteiger partial charge < -0.3 is 31.2 Å². The van der Waals surface area contributed by atoms with Crippen molar-refractivity contribution >= 4 is 22.1 Å². The third-order valence-electron chi connectivity index (χ3n) is 5.41. The van der Waals surface area contributed by atoms with Crippen LogP contribution in [0.3, 0.4) is 0 Å². The maximum absolute atomic E-state index is 9.95. The molecule has 0 radical (unpaired) electrons. The van der Waals surface area contributed by atoms with Crippen molar-refractivity contribution in [1.29, 1.82) is 0 Å². The second kappa shape index (κ2) is 9.20. The molecule has 0 spiro atoms. The molecule has 6 heteroatoms. The van der Waals surface area contributed by atoms with E-state index < -0.39 is 0 Å². The molecule has 4 aromatic rings. The van der Waals surface area contributed by atoms with E-state index in [-0.39, 0.29) is 57.0 Å². The predicted molar refractivity (Wildman–Crippen MR) is 141 cm³/mol. The van der Waals surface area contributed by atoms with Crippen LogP contribution in [-0.2, 0) is 0 Å². The summed E-state index contributed by atoms with van der Waals surface area (Å²) in [5.41, 5.74) is 13.0. The minimum absolute atomic E-state index is 0.151. The van der Waals surface area contributed by atoms with Crippen molar-refractivity contribution in [2.45, 2.75) is 0 Å². The largest absolute Gasteiger partial charge is 0.506 e. The highest BCUT2D eigenvalue weighted by molar-refractivity contribution is 5.99. The summed E-state index contributed by atoms with van der Waals surface area (Å²) in [7, 11) is 0. The fraction of sp³-hybridized carbons (Fsp3) is 0. The molecule has 0 amide bonds. The van der Waals surface area contributed by atoms with E-state index in [0.717, 1.165) is 0 Å². The summed E-state index contributed by atoms with van der Waals surface area (Å²) in [4.78, 5) is 0. The summed E-state index contributed by atoms with van der Waals surface area (Å²) in [5.74, 6) is 11.1. The molecule has 0 aliphatic heterocycles. The van der Waals surface area contributed by atoms with Crippen molar-refractivity contribution in [1.82, 2.24) is 0 Å². The number of aromatic hydroxyl groups is 2. The average Bonchev–Trinajstić information content (AvgIpc) is 2.87. The number of anilines is 2. The van der Waals surface area contributed by atoms with Gasteiger partial charge in [-0.3, -0.25) is 0 Å². The molecule has 0 saturated heterocycles. The number of hydrogen-bond donors (Lipinski definition) is 4. The van der Waals surface area contributed by atoms with Gasteiger partial charge in [0.05, 0.1) is 33.6 Å². The number of rotatable bonds is 4. The number of phenols is 2. The predicted octanol–water partition coefficient (Wildman–Crippen LogP) is 4.93. The van der Waals surface area contributed by atoms with Crippen LogP contribution in [0.5, 0.6) is 34.5 Å². The molecule has 6 nitrogen and oxygen atoms in total. The van der Waals surface area contributed by atoms with Crippen LogP contribution in [0.1, 0.15) is 22.3 Å². The van der Waals surface area contributed by atoms with E-state index in [1.54, 1.807) is 24.3 Å². The Bertz CT molecular complexity index is 1600. The molecule has 0 saturated carbocycles. The zero-order chi connectivity index (χ0) is 26.0. The fourth-order valence-corrected chi connectivity index (χ4v) is 3.67. The van der Waals surface area contributed by atoms with Gasteiger partial charge in [0.2, 0.25) is 0 Å². The highest BCUT2D eigenvalue weighted by Gasteiger charge is 2.20. The minimum atomic E-state index is -0.151. The number of phenolic OH excluding ortho intramolecular Hbond substituents is 2. The molecule has 0 unspecified atom stereocenters. The Morgan fingerprint density at radius 1 is 0.556 bits per heavy atom. The molecule has 36 heavy (non-hydrogen) atoms. The van der Waals surface area contributed by atoms with Gasteiger partial charge in [0.15, 0.2) is 0 Å². The first-order valence-electron chi connectivity index (χ1n) is 10.4. The number of nitrogens with two attached hydrogens (primary N) is 2. The summed E-state index contributed by atoms with van der Waals surface area (Å²) < 4.78 is 11.9. The molecule has 4 aromatic carbocycles. The van der Waals surface area contributed by atoms with Crippen molar-refractivity contribution in [3.05, 3.63) is 70.8 Å². The van der Waals surface area contributed by atoms with E-state index in [2.05, 4.69) is 23.7 Å². The Labute approximate surface area is 208 Å². The molecule has 0 atom stereocenters. The van der Waals surface area contributed by atoms with Crippen LogP contribution in [0, 0.1) is 49.4 Å². The third-order valence-corrected chi connectivity index (χ3v) is 5.41. The van der Waals surface area contributed by atoms with Gasteiger partial charge in [0.1, 0.15) is 34.5 Å². The van der Waals surface area contributed by atoms with Gasteiger partial charge in [-0.1, -0.05) is 23.7 Å². The second-order valence-corrected chi connectivity index (χ2v) is 7.57. The molecule has 0 aliphatic carbocycles. The van der Waals surface area contributed by atoms with Gasteiger partial charge in [0.25, 0.3) is 0 Å². The summed E-state index contributed by atoms with van der Waals surface area (Å²) in [6, 6.07) is 12.1. The van der Waals surface area contributed by atoms with Gasteiger partial charge in [-0.05, 0) is 36.4 Å². The third kappa shape index (κ3) is 4.00. The number of terminal acetylenes is 4. The van der Waals surface area contributed by atoms with E-state index in [1.807, 2.05) is 0 Å². The number of benzene rings is 4. The first-order valence-corrected chi connectivity index (χ1v) is 10.4. The van der Waals surface area contributed by atoms with E-state index in [9.17, 15) is 10.2 Å². The summed E-state index contributed by atoms with van der Waals surface area (Å²) >= 11 is 0. The van der Waals surface area contributed by atoms with Gasteiger partial charge in [0, 0.05) is 22.9 Å². The Morgan fingerprint density at radius 2 is 0.917 bits per heavy atom. The second-order valence-electron chi connectivity index (χ2n) is 7.57. The minimum Gasteiger partial charge on any atom is -0.506 e. The number of ether oxygens (including phenoxy) is 2. The van der Waals surface area contributed by atoms with Crippen LogP contribution < -0.4 is 20.9 Å². The Balaban J connectivity index is 1.97. The smallest absolute Gasteiger partial charge is 0.144 e. The highest BCUT2D eigenvalue weighted by Crippen LogP contribution is 2.41. The first-order chi connectivity index (χ1) is 17.3. The lowest BCUT2D eigenvalue weighted by Gasteiger charge is -2.17. The van der Waals surface area contributed by atoms with Crippen LogP contribution in [-0.4, -0.2) is 10.2 Å². The normalized spacial score (nSPS) is 10.0. The van der Waals surface area contributed by atoms with E-state index in [4.69, 9.17) is 46.6 Å². The molecule has 172 valence electrons. The SMILES string of the molecule is C#Cc1c(Oc2ccc(N)c(O)c2)cc2c(C#C)c(C#C)c(Oc3ccc(N)c(O)c3)cc2c1C#C. The maximum Gasteiger partial charge on any atom is 0.144 e. The summed E-state index contributed by atoms with van der Waals surface area (Å²) in [6.07, 6.45) is 23.3. The summed E-state index contributed by atoms with van der Waals surface area (Å²) in [6.45, 7) is 0. The lowest BCUT2D eigenvalue weighted by atomic mass is 9.92. The lowest BCUT2D eigenvalue weighted by molar-refractivity contribution is 0.455. The van der Waals surface area contributed by atoms with Crippen LogP contribution in [0.2, 0.25) is 0 Å². The molecule has 0 bridgehead atoms. The van der Waals surface area contributed by atoms with E-state index >= 15 is 0 Å². The van der Waals surface area contributed by atoms with Crippen LogP contribution >= 0.6 is 0 Å². The Kier molecular flexibility index (Phi) is 5.97. The quantitative estimate of drug-likeness (QED) is 0.191. The molecule has 0 aliphatic rings. The molecule has 0 heterocycles. The first kappa shape index (κ1) is 23.3. The number of nitrogen functional groups attached to an aromatic ring is 2. The topological polar surface area (TPSA) is 111 Å². The van der Waals surface area contributed by atoms with Crippen LogP contribution in [0.15, 0.2) is 48.5 Å².